The summed E-state index contributed by atoms with van der Waals surface area (Å²) in [5, 5.41) is 10.0. The molecule has 31 heavy (non-hydrogen) atoms. The SMILES string of the molecule is C=C1Nc2c(cccc2N2CCCc3cc(-c4cnn(C)c4)c(C(F)F)cc32)NC1=O. The van der Waals surface area contributed by atoms with E-state index in [2.05, 4.69) is 22.3 Å². The summed E-state index contributed by atoms with van der Waals surface area (Å²) in [5.41, 5.74) is 5.35. The van der Waals surface area contributed by atoms with Gasteiger partial charge in [-0.25, -0.2) is 8.78 Å². The third-order valence-electron chi connectivity index (χ3n) is 5.75. The average molecular weight is 421 g/mol. The summed E-state index contributed by atoms with van der Waals surface area (Å²) in [6, 6.07) is 9.02. The van der Waals surface area contributed by atoms with Crippen LogP contribution in [0.4, 0.5) is 31.5 Å². The van der Waals surface area contributed by atoms with Crippen LogP contribution in [0, 0.1) is 0 Å². The molecule has 3 heterocycles. The van der Waals surface area contributed by atoms with E-state index in [1.165, 1.54) is 0 Å². The summed E-state index contributed by atoms with van der Waals surface area (Å²) in [6.45, 7) is 4.44. The predicted octanol–water partition coefficient (Wildman–Crippen LogP) is 4.99. The van der Waals surface area contributed by atoms with E-state index in [0.717, 1.165) is 35.5 Å². The Bertz CT molecular complexity index is 1220. The number of aromatic nitrogens is 2. The smallest absolute Gasteiger partial charge is 0.271 e. The highest BCUT2D eigenvalue weighted by atomic mass is 19.3. The maximum Gasteiger partial charge on any atom is 0.271 e. The number of carbonyl (C=O) groups is 1. The molecule has 2 aliphatic heterocycles. The zero-order valence-corrected chi connectivity index (χ0v) is 17.0. The number of hydrogen-bond donors (Lipinski definition) is 2. The summed E-state index contributed by atoms with van der Waals surface area (Å²) >= 11 is 0. The fraction of sp³-hybridized carbons (Fsp3) is 0.217. The number of benzene rings is 2. The van der Waals surface area contributed by atoms with Gasteiger partial charge in [-0.2, -0.15) is 5.10 Å². The molecule has 0 aliphatic carbocycles. The lowest BCUT2D eigenvalue weighted by Crippen LogP contribution is -2.29. The number of fused-ring (bicyclic) bond motifs is 2. The molecule has 0 bridgehead atoms. The Morgan fingerprint density at radius 3 is 2.77 bits per heavy atom. The Labute approximate surface area is 178 Å². The minimum atomic E-state index is -2.62. The molecule has 0 atom stereocenters. The van der Waals surface area contributed by atoms with Crippen LogP contribution < -0.4 is 15.5 Å². The number of amides is 1. The first-order chi connectivity index (χ1) is 14.9. The Morgan fingerprint density at radius 1 is 1.19 bits per heavy atom. The van der Waals surface area contributed by atoms with Gasteiger partial charge >= 0.3 is 0 Å². The van der Waals surface area contributed by atoms with Gasteiger partial charge in [0, 0.05) is 36.6 Å². The highest BCUT2D eigenvalue weighted by Crippen LogP contribution is 2.45. The predicted molar refractivity (Wildman–Crippen MR) is 117 cm³/mol. The average Bonchev–Trinajstić information content (AvgIpc) is 3.19. The molecule has 1 amide bonds. The number of hydrogen-bond acceptors (Lipinski definition) is 4. The second kappa shape index (κ2) is 7.23. The van der Waals surface area contributed by atoms with Crippen molar-refractivity contribution in [1.82, 2.24) is 9.78 Å². The number of para-hydroxylation sites is 1. The van der Waals surface area contributed by atoms with Gasteiger partial charge in [0.15, 0.2) is 0 Å². The van der Waals surface area contributed by atoms with Gasteiger partial charge in [-0.05, 0) is 48.2 Å². The Morgan fingerprint density at radius 2 is 2.03 bits per heavy atom. The van der Waals surface area contributed by atoms with Crippen LogP contribution in [-0.4, -0.2) is 22.2 Å². The molecule has 5 rings (SSSR count). The summed E-state index contributed by atoms with van der Waals surface area (Å²) in [4.78, 5) is 14.0. The zero-order valence-electron chi connectivity index (χ0n) is 17.0. The van der Waals surface area contributed by atoms with Gasteiger partial charge in [0.1, 0.15) is 0 Å². The second-order valence-electron chi connectivity index (χ2n) is 7.78. The summed E-state index contributed by atoms with van der Waals surface area (Å²) < 4.78 is 29.8. The summed E-state index contributed by atoms with van der Waals surface area (Å²) in [7, 11) is 1.77. The van der Waals surface area contributed by atoms with Gasteiger partial charge in [-0.1, -0.05) is 12.6 Å². The quantitative estimate of drug-likeness (QED) is 0.585. The van der Waals surface area contributed by atoms with Crippen molar-refractivity contribution in [3.63, 3.8) is 0 Å². The van der Waals surface area contributed by atoms with Crippen LogP contribution in [0.25, 0.3) is 11.1 Å². The number of alkyl halides is 2. The number of aryl methyl sites for hydroxylation is 2. The fourth-order valence-electron chi connectivity index (χ4n) is 4.30. The Kier molecular flexibility index (Phi) is 4.50. The van der Waals surface area contributed by atoms with Crippen LogP contribution in [0.2, 0.25) is 0 Å². The largest absolute Gasteiger partial charge is 0.348 e. The van der Waals surface area contributed by atoms with Crippen molar-refractivity contribution >= 4 is 28.7 Å². The monoisotopic (exact) mass is 421 g/mol. The molecule has 3 aromatic rings. The van der Waals surface area contributed by atoms with Crippen LogP contribution in [0.5, 0.6) is 0 Å². The third kappa shape index (κ3) is 3.24. The highest BCUT2D eigenvalue weighted by Gasteiger charge is 2.28. The van der Waals surface area contributed by atoms with Gasteiger partial charge in [0.2, 0.25) is 0 Å². The van der Waals surface area contributed by atoms with Crippen molar-refractivity contribution in [2.24, 2.45) is 7.05 Å². The molecular formula is C23H21F2N5O. The van der Waals surface area contributed by atoms with E-state index in [4.69, 9.17) is 0 Å². The maximum absolute atomic E-state index is 14.1. The van der Waals surface area contributed by atoms with E-state index in [1.54, 1.807) is 36.3 Å². The molecule has 0 radical (unpaired) electrons. The van der Waals surface area contributed by atoms with E-state index in [9.17, 15) is 13.6 Å². The van der Waals surface area contributed by atoms with Crippen LogP contribution in [0.1, 0.15) is 24.0 Å². The molecule has 0 saturated heterocycles. The molecule has 6 nitrogen and oxygen atoms in total. The lowest BCUT2D eigenvalue weighted by Gasteiger charge is -2.35. The van der Waals surface area contributed by atoms with Crippen LogP contribution in [-0.2, 0) is 18.3 Å². The zero-order chi connectivity index (χ0) is 21.7. The van der Waals surface area contributed by atoms with Crippen LogP contribution in [0.15, 0.2) is 55.0 Å². The number of halogens is 2. The van der Waals surface area contributed by atoms with Gasteiger partial charge in [0.25, 0.3) is 12.3 Å². The van der Waals surface area contributed by atoms with Crippen LogP contribution >= 0.6 is 0 Å². The molecule has 0 spiro atoms. The fourth-order valence-corrected chi connectivity index (χ4v) is 4.30. The molecule has 2 N–H and O–H groups in total. The first kappa shape index (κ1) is 19.3. The molecule has 0 saturated carbocycles. The number of nitrogens with zero attached hydrogens (tertiary/aromatic N) is 3. The summed E-state index contributed by atoms with van der Waals surface area (Å²) in [5.74, 6) is -0.287. The number of rotatable bonds is 3. The van der Waals surface area contributed by atoms with Crippen molar-refractivity contribution in [2.75, 3.05) is 22.1 Å². The molecular weight excluding hydrogens is 400 g/mol. The third-order valence-corrected chi connectivity index (χ3v) is 5.75. The van der Waals surface area contributed by atoms with Crippen molar-refractivity contribution in [3.05, 3.63) is 66.1 Å². The first-order valence-electron chi connectivity index (χ1n) is 10.0. The minimum Gasteiger partial charge on any atom is -0.348 e. The molecule has 0 fully saturated rings. The summed E-state index contributed by atoms with van der Waals surface area (Å²) in [6.07, 6.45) is 2.42. The minimum absolute atomic E-state index is 0.0193. The van der Waals surface area contributed by atoms with Crippen molar-refractivity contribution < 1.29 is 13.6 Å². The highest BCUT2D eigenvalue weighted by molar-refractivity contribution is 6.12. The second-order valence-corrected chi connectivity index (χ2v) is 7.78. The maximum atomic E-state index is 14.1. The van der Waals surface area contributed by atoms with Crippen LogP contribution in [0.3, 0.4) is 0 Å². The van der Waals surface area contributed by atoms with E-state index < -0.39 is 6.43 Å². The molecule has 2 aliphatic rings. The van der Waals surface area contributed by atoms with Gasteiger partial charge in [0.05, 0.1) is 29.0 Å². The van der Waals surface area contributed by atoms with Crippen molar-refractivity contribution in [1.29, 1.82) is 0 Å². The van der Waals surface area contributed by atoms with E-state index in [-0.39, 0.29) is 17.2 Å². The lowest BCUT2D eigenvalue weighted by atomic mass is 9.92. The van der Waals surface area contributed by atoms with E-state index >= 15 is 0 Å². The van der Waals surface area contributed by atoms with E-state index in [0.29, 0.717) is 23.4 Å². The molecule has 158 valence electrons. The molecule has 0 unspecified atom stereocenters. The van der Waals surface area contributed by atoms with E-state index in [1.807, 2.05) is 23.1 Å². The molecule has 8 heteroatoms. The molecule has 2 aromatic carbocycles. The lowest BCUT2D eigenvalue weighted by molar-refractivity contribution is -0.112. The topological polar surface area (TPSA) is 62.2 Å². The Hall–Kier alpha value is -3.68. The standard InChI is InChI=1S/C23H21F2N5O/c1-13-23(31)28-18-6-3-7-19(21(18)27-13)30-8-4-5-14-9-16(15-11-26-29(2)12-15)17(22(24)25)10-20(14)30/h3,6-7,9-12,22,27H,1,4-5,8H2,2H3,(H,28,31). The normalized spacial score (nSPS) is 15.4. The van der Waals surface area contributed by atoms with Gasteiger partial charge in [-0.15, -0.1) is 0 Å². The van der Waals surface area contributed by atoms with Gasteiger partial charge < -0.3 is 15.5 Å². The van der Waals surface area contributed by atoms with Crippen molar-refractivity contribution in [3.8, 4) is 11.1 Å². The number of nitrogens with one attached hydrogen (secondary N) is 2. The Balaban J connectivity index is 1.65. The van der Waals surface area contributed by atoms with Gasteiger partial charge in [-0.3, -0.25) is 9.48 Å². The molecule has 1 aromatic heterocycles. The van der Waals surface area contributed by atoms with Crippen molar-refractivity contribution in [2.45, 2.75) is 19.3 Å². The first-order valence-corrected chi connectivity index (χ1v) is 10.0. The number of anilines is 4. The number of carbonyl (C=O) groups excluding carboxylic acids is 1.